The Labute approximate surface area is 178 Å². The van der Waals surface area contributed by atoms with Crippen molar-refractivity contribution in [1.29, 1.82) is 0 Å². The Bertz CT molecular complexity index is 1010. The van der Waals surface area contributed by atoms with Crippen LogP contribution in [0.5, 0.6) is 5.75 Å². The number of hydrogen-bond acceptors (Lipinski definition) is 3. The van der Waals surface area contributed by atoms with Crippen LogP contribution in [0.25, 0.3) is 0 Å². The maximum absolute atomic E-state index is 12.9. The molecule has 0 fully saturated rings. The molecule has 5 nitrogen and oxygen atoms in total. The lowest BCUT2D eigenvalue weighted by Crippen LogP contribution is -2.18. The molecule has 3 rings (SSSR count). The number of amides is 2. The van der Waals surface area contributed by atoms with Crippen molar-refractivity contribution in [3.63, 3.8) is 0 Å². The van der Waals surface area contributed by atoms with E-state index >= 15 is 0 Å². The molecular formula is C23H21BrN2O3. The lowest BCUT2D eigenvalue weighted by Gasteiger charge is -2.13. The van der Waals surface area contributed by atoms with E-state index in [-0.39, 0.29) is 11.8 Å². The number of ether oxygens (including phenoxy) is 1. The first kappa shape index (κ1) is 20.6. The monoisotopic (exact) mass is 452 g/mol. The first-order chi connectivity index (χ1) is 14.1. The Morgan fingerprint density at radius 3 is 2.48 bits per heavy atom. The normalized spacial score (nSPS) is 10.3. The molecule has 0 spiro atoms. The molecule has 2 N–H and O–H groups in total. The number of carbonyl (C=O) groups excluding carboxylic acids is 2. The minimum Gasteiger partial charge on any atom is -0.492 e. The van der Waals surface area contributed by atoms with Gasteiger partial charge in [0.15, 0.2) is 0 Å². The first-order valence-corrected chi connectivity index (χ1v) is 9.96. The van der Waals surface area contributed by atoms with Crippen molar-refractivity contribution in [3.8, 4) is 5.75 Å². The van der Waals surface area contributed by atoms with E-state index in [0.29, 0.717) is 29.2 Å². The fourth-order valence-electron chi connectivity index (χ4n) is 2.81. The summed E-state index contributed by atoms with van der Waals surface area (Å²) < 4.78 is 6.66. The molecule has 0 saturated heterocycles. The zero-order valence-electron chi connectivity index (χ0n) is 15.9. The van der Waals surface area contributed by atoms with Crippen LogP contribution in [0.1, 0.15) is 26.3 Å². The number of hydrogen-bond donors (Lipinski definition) is 2. The van der Waals surface area contributed by atoms with Gasteiger partial charge < -0.3 is 15.4 Å². The Kier molecular flexibility index (Phi) is 7.03. The molecule has 3 aromatic rings. The van der Waals surface area contributed by atoms with Gasteiger partial charge in [-0.3, -0.25) is 9.59 Å². The highest BCUT2D eigenvalue weighted by Crippen LogP contribution is 2.25. The maximum Gasteiger partial charge on any atom is 0.259 e. The van der Waals surface area contributed by atoms with E-state index in [1.54, 1.807) is 43.4 Å². The molecule has 0 radical (unpaired) electrons. The number of nitrogens with one attached hydrogen (secondary N) is 2. The van der Waals surface area contributed by atoms with Gasteiger partial charge in [-0.25, -0.2) is 0 Å². The third-order valence-corrected chi connectivity index (χ3v) is 4.78. The van der Waals surface area contributed by atoms with Crippen LogP contribution in [0, 0.1) is 0 Å². The number of anilines is 1. The zero-order valence-corrected chi connectivity index (χ0v) is 17.5. The fraction of sp³-hybridized carbons (Fsp3) is 0.130. The van der Waals surface area contributed by atoms with Crippen molar-refractivity contribution in [2.24, 2.45) is 0 Å². The van der Waals surface area contributed by atoms with E-state index in [9.17, 15) is 9.59 Å². The Hall–Kier alpha value is -3.12. The molecule has 0 saturated carbocycles. The smallest absolute Gasteiger partial charge is 0.259 e. The van der Waals surface area contributed by atoms with E-state index in [0.717, 1.165) is 10.9 Å². The van der Waals surface area contributed by atoms with Gasteiger partial charge in [-0.15, -0.1) is 0 Å². The van der Waals surface area contributed by atoms with Crippen molar-refractivity contribution < 1.29 is 14.3 Å². The summed E-state index contributed by atoms with van der Waals surface area (Å²) in [6.45, 7) is 0.456. The molecule has 0 aromatic heterocycles. The number of benzene rings is 3. The Morgan fingerprint density at radius 2 is 1.72 bits per heavy atom. The summed E-state index contributed by atoms with van der Waals surface area (Å²) in [4.78, 5) is 24.7. The van der Waals surface area contributed by atoms with Crippen LogP contribution in [0.2, 0.25) is 0 Å². The summed E-state index contributed by atoms with van der Waals surface area (Å²) in [6.07, 6.45) is 0.742. The lowest BCUT2D eigenvalue weighted by molar-refractivity contribution is 0.0961. The van der Waals surface area contributed by atoms with Gasteiger partial charge in [0.2, 0.25) is 0 Å². The van der Waals surface area contributed by atoms with E-state index in [2.05, 4.69) is 26.6 Å². The second-order valence-electron chi connectivity index (χ2n) is 6.34. The fourth-order valence-corrected chi connectivity index (χ4v) is 3.17. The van der Waals surface area contributed by atoms with Crippen LogP contribution in [0.15, 0.2) is 77.3 Å². The van der Waals surface area contributed by atoms with Gasteiger partial charge in [0, 0.05) is 29.2 Å². The first-order valence-electron chi connectivity index (χ1n) is 9.16. The third kappa shape index (κ3) is 5.68. The van der Waals surface area contributed by atoms with Gasteiger partial charge in [0.1, 0.15) is 5.75 Å². The van der Waals surface area contributed by atoms with Gasteiger partial charge in [-0.1, -0.05) is 52.3 Å². The van der Waals surface area contributed by atoms with E-state index < -0.39 is 0 Å². The van der Waals surface area contributed by atoms with Gasteiger partial charge in [0.05, 0.1) is 12.2 Å². The van der Waals surface area contributed by atoms with E-state index in [4.69, 9.17) is 4.74 Å². The number of halogens is 1. The average Bonchev–Trinajstić information content (AvgIpc) is 2.75. The molecule has 0 aliphatic rings. The molecule has 29 heavy (non-hydrogen) atoms. The second kappa shape index (κ2) is 9.89. The SMILES string of the molecule is CNC(=O)c1cccc(NC(=O)c2cc(Br)ccc2OCCc2ccccc2)c1. The topological polar surface area (TPSA) is 67.4 Å². The predicted molar refractivity (Wildman–Crippen MR) is 118 cm³/mol. The lowest BCUT2D eigenvalue weighted by atomic mass is 10.1. The molecule has 0 aliphatic heterocycles. The summed E-state index contributed by atoms with van der Waals surface area (Å²) in [7, 11) is 1.56. The Morgan fingerprint density at radius 1 is 0.931 bits per heavy atom. The standard InChI is InChI=1S/C23H21BrN2O3/c1-25-22(27)17-8-5-9-19(14-17)26-23(28)20-15-18(24)10-11-21(20)29-13-12-16-6-3-2-4-7-16/h2-11,14-15H,12-13H2,1H3,(H,25,27)(H,26,28). The van der Waals surface area contributed by atoms with Crippen molar-refractivity contribution in [2.45, 2.75) is 6.42 Å². The predicted octanol–water partition coefficient (Wildman–Crippen LogP) is 4.68. The van der Waals surface area contributed by atoms with Gasteiger partial charge in [0.25, 0.3) is 11.8 Å². The van der Waals surface area contributed by atoms with Crippen LogP contribution in [0.4, 0.5) is 5.69 Å². The number of carbonyl (C=O) groups is 2. The summed E-state index contributed by atoms with van der Waals surface area (Å²) >= 11 is 3.41. The van der Waals surface area contributed by atoms with Gasteiger partial charge in [-0.05, 0) is 42.0 Å². The van der Waals surface area contributed by atoms with E-state index in [1.165, 1.54) is 5.56 Å². The van der Waals surface area contributed by atoms with E-state index in [1.807, 2.05) is 36.4 Å². The van der Waals surface area contributed by atoms with Crippen LogP contribution < -0.4 is 15.4 Å². The molecule has 0 unspecified atom stereocenters. The molecule has 3 aromatic carbocycles. The maximum atomic E-state index is 12.9. The van der Waals surface area contributed by atoms with Crippen molar-refractivity contribution in [1.82, 2.24) is 5.32 Å². The Balaban J connectivity index is 1.73. The van der Waals surface area contributed by atoms with Crippen LogP contribution >= 0.6 is 15.9 Å². The zero-order chi connectivity index (χ0) is 20.6. The van der Waals surface area contributed by atoms with Crippen molar-refractivity contribution in [3.05, 3.63) is 94.0 Å². The largest absolute Gasteiger partial charge is 0.492 e. The summed E-state index contributed by atoms with van der Waals surface area (Å²) in [5.41, 5.74) is 2.59. The minimum atomic E-state index is -0.310. The molecule has 148 valence electrons. The van der Waals surface area contributed by atoms with Crippen LogP contribution in [-0.2, 0) is 6.42 Å². The highest BCUT2D eigenvalue weighted by Gasteiger charge is 2.15. The summed E-state index contributed by atoms with van der Waals surface area (Å²) in [5, 5.41) is 5.40. The molecular weight excluding hydrogens is 432 g/mol. The van der Waals surface area contributed by atoms with Gasteiger partial charge >= 0.3 is 0 Å². The number of rotatable bonds is 7. The summed E-state index contributed by atoms with van der Waals surface area (Å²) in [5.74, 6) is -0.0207. The van der Waals surface area contributed by atoms with Crippen LogP contribution in [-0.4, -0.2) is 25.5 Å². The molecule has 0 bridgehead atoms. The molecule has 6 heteroatoms. The third-order valence-electron chi connectivity index (χ3n) is 4.29. The second-order valence-corrected chi connectivity index (χ2v) is 7.25. The molecule has 2 amide bonds. The van der Waals surface area contributed by atoms with Crippen molar-refractivity contribution >= 4 is 33.4 Å². The highest BCUT2D eigenvalue weighted by atomic mass is 79.9. The quantitative estimate of drug-likeness (QED) is 0.546. The molecule has 0 heterocycles. The minimum absolute atomic E-state index is 0.214. The van der Waals surface area contributed by atoms with Crippen LogP contribution in [0.3, 0.4) is 0 Å². The average molecular weight is 453 g/mol. The van der Waals surface area contributed by atoms with Crippen molar-refractivity contribution in [2.75, 3.05) is 19.0 Å². The molecule has 0 aliphatic carbocycles. The molecule has 0 atom stereocenters. The summed E-state index contributed by atoms with van der Waals surface area (Å²) in [6, 6.07) is 22.1. The van der Waals surface area contributed by atoms with Gasteiger partial charge in [-0.2, -0.15) is 0 Å². The highest BCUT2D eigenvalue weighted by molar-refractivity contribution is 9.10.